The predicted molar refractivity (Wildman–Crippen MR) is 244 cm³/mol. The van der Waals surface area contributed by atoms with E-state index in [1.807, 2.05) is 67.6 Å². The van der Waals surface area contributed by atoms with Gasteiger partial charge in [-0.1, -0.05) is 78.4 Å². The zero-order valence-electron chi connectivity index (χ0n) is 35.4. The molecule has 5 aromatic carbocycles. The highest BCUT2D eigenvalue weighted by atomic mass is 35.5. The fraction of sp³-hybridized carbons (Fsp3) is 0.375. The molecular formula is C48H45Cl2N4O10P. The summed E-state index contributed by atoms with van der Waals surface area (Å²) in [5, 5.41) is 2.75. The molecule has 65 heavy (non-hydrogen) atoms. The third kappa shape index (κ3) is 6.46. The number of halogens is 2. The van der Waals surface area contributed by atoms with Gasteiger partial charge in [0.1, 0.15) is 18.1 Å². The van der Waals surface area contributed by atoms with Crippen molar-refractivity contribution in [3.63, 3.8) is 0 Å². The van der Waals surface area contributed by atoms with Gasteiger partial charge in [0.05, 0.1) is 22.2 Å². The molecule has 3 heterocycles. The summed E-state index contributed by atoms with van der Waals surface area (Å²) in [6.45, 7) is 3.84. The highest BCUT2D eigenvalue weighted by molar-refractivity contribution is 7.46. The van der Waals surface area contributed by atoms with Gasteiger partial charge in [-0.15, -0.1) is 23.2 Å². The number of rotatable bonds is 9. The van der Waals surface area contributed by atoms with Crippen LogP contribution in [0.5, 0.6) is 11.5 Å². The average molecular weight is 940 g/mol. The van der Waals surface area contributed by atoms with Crippen LogP contribution in [0.2, 0.25) is 0 Å². The van der Waals surface area contributed by atoms with Crippen LogP contribution in [0.3, 0.4) is 0 Å². The molecule has 336 valence electrons. The Morgan fingerprint density at radius 2 is 1.15 bits per heavy atom. The van der Waals surface area contributed by atoms with Crippen molar-refractivity contribution in [3.05, 3.63) is 107 Å². The summed E-state index contributed by atoms with van der Waals surface area (Å²) in [5.41, 5.74) is 2.89. The number of carbonyl (C=O) groups is 4. The number of phosphoric acid groups is 1. The Morgan fingerprint density at radius 1 is 0.677 bits per heavy atom. The SMILES string of the molecule is Cc1ccc(COC(=O)N2CCN(C(=O)Oc3cc4c(c5ccccc35)[C@H](CCl)CN4C(=O)C34CC5(C(=O)N6C[C@@H](CCl)c7c6cc(OP(=O)(O)O)c6ccccc76)CC35C4)CC2)cc1. The molecule has 0 aromatic heterocycles. The van der Waals surface area contributed by atoms with Crippen LogP contribution in [0.25, 0.3) is 21.5 Å². The predicted octanol–water partition coefficient (Wildman–Crippen LogP) is 8.43. The lowest BCUT2D eigenvalue weighted by Gasteiger charge is -2.37. The monoisotopic (exact) mass is 938 g/mol. The van der Waals surface area contributed by atoms with Crippen LogP contribution in [0.15, 0.2) is 84.9 Å². The van der Waals surface area contributed by atoms with Gasteiger partial charge in [-0.05, 0) is 53.6 Å². The Labute approximate surface area is 384 Å². The quantitative estimate of drug-likeness (QED) is 0.108. The van der Waals surface area contributed by atoms with Crippen molar-refractivity contribution in [2.45, 2.75) is 44.6 Å². The topological polar surface area (TPSA) is 166 Å². The first-order valence-corrected chi connectivity index (χ1v) is 24.4. The number of amides is 4. The van der Waals surface area contributed by atoms with E-state index >= 15 is 0 Å². The smallest absolute Gasteiger partial charge is 0.445 e. The first kappa shape index (κ1) is 42.3. The van der Waals surface area contributed by atoms with Crippen molar-refractivity contribution in [1.82, 2.24) is 9.80 Å². The molecule has 1 saturated heterocycles. The molecule has 1 spiro atoms. The van der Waals surface area contributed by atoms with Gasteiger partial charge in [0, 0.05) is 91.2 Å². The minimum absolute atomic E-state index is 0.0262. The maximum atomic E-state index is 15.0. The van der Waals surface area contributed by atoms with Crippen LogP contribution in [0, 0.1) is 23.2 Å². The normalized spacial score (nSPS) is 25.9. The number of alkyl halides is 2. The number of hydrogen-bond donors (Lipinski definition) is 2. The zero-order valence-corrected chi connectivity index (χ0v) is 37.8. The number of ether oxygens (including phenoxy) is 2. The van der Waals surface area contributed by atoms with E-state index in [0.717, 1.165) is 27.6 Å². The fourth-order valence-electron chi connectivity index (χ4n) is 11.8. The number of piperazine rings is 1. The molecule has 6 aliphatic rings. The van der Waals surface area contributed by atoms with Crippen molar-refractivity contribution in [3.8, 4) is 11.5 Å². The highest BCUT2D eigenvalue weighted by Crippen LogP contribution is 3.01. The van der Waals surface area contributed by atoms with E-state index in [1.54, 1.807) is 37.8 Å². The van der Waals surface area contributed by atoms with Gasteiger partial charge in [0.25, 0.3) is 0 Å². The molecule has 17 heteroatoms. The van der Waals surface area contributed by atoms with E-state index in [0.29, 0.717) is 65.6 Å². The Bertz CT molecular complexity index is 2920. The molecule has 3 saturated carbocycles. The van der Waals surface area contributed by atoms with Crippen molar-refractivity contribution in [2.75, 3.05) is 60.8 Å². The first-order chi connectivity index (χ1) is 31.2. The van der Waals surface area contributed by atoms with E-state index in [1.165, 1.54) is 6.07 Å². The Hall–Kier alpha value is -5.37. The highest BCUT2D eigenvalue weighted by Gasteiger charge is 3.01. The first-order valence-electron chi connectivity index (χ1n) is 21.8. The lowest BCUT2D eigenvalue weighted by atomic mass is 9.72. The van der Waals surface area contributed by atoms with E-state index in [4.69, 9.17) is 37.2 Å². The van der Waals surface area contributed by atoms with Crippen molar-refractivity contribution in [2.24, 2.45) is 16.2 Å². The van der Waals surface area contributed by atoms with Crippen LogP contribution in [-0.2, 0) is 25.5 Å². The third-order valence-electron chi connectivity index (χ3n) is 15.0. The lowest BCUT2D eigenvalue weighted by molar-refractivity contribution is -0.134. The second-order valence-corrected chi connectivity index (χ2v) is 20.3. The summed E-state index contributed by atoms with van der Waals surface area (Å²) in [6, 6.07) is 25.8. The van der Waals surface area contributed by atoms with Crippen molar-refractivity contribution < 1.29 is 47.5 Å². The van der Waals surface area contributed by atoms with Crippen LogP contribution < -0.4 is 19.1 Å². The van der Waals surface area contributed by atoms with Gasteiger partial charge in [-0.25, -0.2) is 14.2 Å². The number of hydrogen-bond acceptors (Lipinski definition) is 8. The standard InChI is InChI=1S/C48H45Cl2N4O10P/c1-28-10-12-29(13-11-28)24-62-44(57)51-14-16-52(17-15-51)45(58)63-38-18-36-40(34-8-4-2-6-32(34)38)30(20-49)22-53(36)42(55)46-25-47(27-48(46,47)26-46)43(56)54-23-31(21-50)41-35-9-5-3-7-33(35)39(19-37(41)54)64-65(59,60)61/h2-13,18-19,30-31H,14-17,20-27H2,1H3,(H2,59,60,61)/t30-,31-,46?,47?,48?/m1/s1. The van der Waals surface area contributed by atoms with Gasteiger partial charge in [0.2, 0.25) is 11.8 Å². The van der Waals surface area contributed by atoms with Gasteiger partial charge < -0.3 is 33.6 Å². The second kappa shape index (κ2) is 15.1. The van der Waals surface area contributed by atoms with Crippen LogP contribution >= 0.6 is 31.0 Å². The van der Waals surface area contributed by atoms with Gasteiger partial charge in [-0.2, -0.15) is 0 Å². The largest absolute Gasteiger partial charge is 0.524 e. The molecule has 4 fully saturated rings. The molecule has 3 aliphatic carbocycles. The molecule has 3 aliphatic heterocycles. The maximum Gasteiger partial charge on any atom is 0.524 e. The summed E-state index contributed by atoms with van der Waals surface area (Å²) >= 11 is 13.2. The van der Waals surface area contributed by atoms with E-state index < -0.39 is 36.3 Å². The molecule has 4 amide bonds. The number of carbonyl (C=O) groups excluding carboxylic acids is 4. The second-order valence-electron chi connectivity index (χ2n) is 18.5. The molecule has 14 nitrogen and oxygen atoms in total. The van der Waals surface area contributed by atoms with Crippen LogP contribution in [-0.4, -0.2) is 94.6 Å². The zero-order chi connectivity index (χ0) is 45.2. The lowest BCUT2D eigenvalue weighted by Crippen LogP contribution is -2.51. The average Bonchev–Trinajstić information content (AvgIpc) is 3.81. The van der Waals surface area contributed by atoms with Gasteiger partial charge in [0.15, 0.2) is 0 Å². The minimum Gasteiger partial charge on any atom is -0.445 e. The summed E-state index contributed by atoms with van der Waals surface area (Å²) in [6.07, 6.45) is 0.470. The summed E-state index contributed by atoms with van der Waals surface area (Å²) in [7, 11) is -4.94. The molecule has 2 N–H and O–H groups in total. The summed E-state index contributed by atoms with van der Waals surface area (Å²) < 4.78 is 28.9. The molecule has 0 radical (unpaired) electrons. The minimum atomic E-state index is -4.94. The molecule has 0 bridgehead atoms. The number of fused-ring (bicyclic) bond motifs is 6. The van der Waals surface area contributed by atoms with Crippen molar-refractivity contribution in [1.29, 1.82) is 0 Å². The fourth-order valence-corrected chi connectivity index (χ4v) is 12.7. The summed E-state index contributed by atoms with van der Waals surface area (Å²) in [4.78, 5) is 82.6. The molecule has 11 rings (SSSR count). The Kier molecular flexibility index (Phi) is 9.81. The van der Waals surface area contributed by atoms with E-state index in [2.05, 4.69) is 0 Å². The number of anilines is 2. The van der Waals surface area contributed by atoms with Crippen molar-refractivity contribution >= 4 is 87.9 Å². The number of phosphoric ester groups is 1. The van der Waals surface area contributed by atoms with Gasteiger partial charge in [-0.3, -0.25) is 19.4 Å². The number of benzene rings is 5. The molecule has 3 unspecified atom stereocenters. The molecule has 5 aromatic rings. The summed E-state index contributed by atoms with van der Waals surface area (Å²) in [5.74, 6) is 0.161. The molecular weight excluding hydrogens is 894 g/mol. The van der Waals surface area contributed by atoms with E-state index in [-0.39, 0.29) is 73.9 Å². The number of nitrogens with zero attached hydrogens (tertiary/aromatic N) is 4. The van der Waals surface area contributed by atoms with Gasteiger partial charge >= 0.3 is 20.0 Å². The Morgan fingerprint density at radius 3 is 1.65 bits per heavy atom. The maximum absolute atomic E-state index is 15.0. The Balaban J connectivity index is 0.818. The third-order valence-corrected chi connectivity index (χ3v) is 16.2. The molecule has 5 atom stereocenters. The number of aryl methyl sites for hydroxylation is 1. The van der Waals surface area contributed by atoms with Crippen LogP contribution in [0.1, 0.15) is 53.4 Å². The van der Waals surface area contributed by atoms with E-state index in [9.17, 15) is 33.5 Å². The van der Waals surface area contributed by atoms with Crippen LogP contribution in [0.4, 0.5) is 21.0 Å².